The van der Waals surface area contributed by atoms with Crippen molar-refractivity contribution in [2.24, 2.45) is 0 Å². The molecule has 0 saturated carbocycles. The number of aryl methyl sites for hydroxylation is 2. The van der Waals surface area contributed by atoms with Crippen molar-refractivity contribution in [3.05, 3.63) is 82.9 Å². The molecule has 0 aliphatic heterocycles. The van der Waals surface area contributed by atoms with Crippen molar-refractivity contribution < 1.29 is 30.1 Å². The minimum atomic E-state index is -3.94. The summed E-state index contributed by atoms with van der Waals surface area (Å²) in [5.41, 5.74) is 6.54. The summed E-state index contributed by atoms with van der Waals surface area (Å²) in [4.78, 5) is 0.0897. The van der Waals surface area contributed by atoms with Gasteiger partial charge in [0.05, 0.1) is 33.1 Å². The van der Waals surface area contributed by atoms with Crippen LogP contribution in [0.1, 0.15) is 11.1 Å². The van der Waals surface area contributed by atoms with Gasteiger partial charge in [0.25, 0.3) is 0 Å². The van der Waals surface area contributed by atoms with Crippen LogP contribution in [0.2, 0.25) is 0 Å². The quantitative estimate of drug-likeness (QED) is 0.230. The van der Waals surface area contributed by atoms with E-state index in [1.807, 2.05) is 13.8 Å². The van der Waals surface area contributed by atoms with Crippen LogP contribution in [0.5, 0.6) is 0 Å². The van der Waals surface area contributed by atoms with E-state index in [9.17, 15) is 16.8 Å². The van der Waals surface area contributed by atoms with Gasteiger partial charge in [0.15, 0.2) is 0 Å². The number of hydrogen-bond donors (Lipinski definition) is 2. The largest absolute Gasteiger partial charge is 0.380 e. The Morgan fingerprint density at radius 2 is 1.06 bits per heavy atom. The van der Waals surface area contributed by atoms with E-state index in [0.29, 0.717) is 34.8 Å². The maximum absolute atomic E-state index is 12.1. The second kappa shape index (κ2) is 13.9. The second-order valence-corrected chi connectivity index (χ2v) is 12.5. The molecule has 0 fully saturated rings. The smallest absolute Gasteiger partial charge is 0.317 e. The molecule has 0 aromatic heterocycles. The maximum atomic E-state index is 12.1. The fraction of sp³-hybridized carbons (Fsp3) is 0.273. The molecule has 0 aliphatic rings. The van der Waals surface area contributed by atoms with Crippen LogP contribution in [-0.2, 0) is 33.5 Å². The Bertz CT molecular complexity index is 1100. The zero-order valence-corrected chi connectivity index (χ0v) is 22.6. The topological polar surface area (TPSA) is 120 Å². The lowest BCUT2D eigenvalue weighted by molar-refractivity contribution is 0.167. The van der Waals surface area contributed by atoms with Gasteiger partial charge in [0.2, 0.25) is 0 Å². The van der Waals surface area contributed by atoms with Gasteiger partial charge in [-0.05, 0) is 38.1 Å². The van der Waals surface area contributed by atoms with E-state index >= 15 is 0 Å². The zero-order valence-electron chi connectivity index (χ0n) is 19.4. The molecule has 2 aromatic rings. The van der Waals surface area contributed by atoms with Gasteiger partial charge in [-0.15, -0.1) is 32.1 Å². The van der Waals surface area contributed by atoms with E-state index in [2.05, 4.69) is 24.1 Å². The molecule has 0 spiro atoms. The third-order valence-corrected chi connectivity index (χ3v) is 8.07. The van der Waals surface area contributed by atoms with Gasteiger partial charge in [-0.25, -0.2) is 11.0 Å². The third kappa shape index (κ3) is 10.7. The average molecular weight is 561 g/mol. The predicted octanol–water partition coefficient (Wildman–Crippen LogP) is 3.85. The Labute approximate surface area is 215 Å². The normalized spacial score (nSPS) is 11.7. The van der Waals surface area contributed by atoms with E-state index in [1.54, 1.807) is 24.3 Å². The Morgan fingerprint density at radius 3 is 1.40 bits per heavy atom. The number of rotatable bonds is 16. The van der Waals surface area contributed by atoms with Crippen LogP contribution in [0.15, 0.2) is 81.5 Å². The highest BCUT2D eigenvalue weighted by Crippen LogP contribution is 2.17. The van der Waals surface area contributed by atoms with Crippen LogP contribution in [0, 0.1) is 13.8 Å². The van der Waals surface area contributed by atoms with Crippen LogP contribution in [0.4, 0.5) is 0 Å². The lowest BCUT2D eigenvalue weighted by Gasteiger charge is -2.11. The van der Waals surface area contributed by atoms with Crippen molar-refractivity contribution in [3.63, 3.8) is 0 Å². The Kier molecular flexibility index (Phi) is 11.6. The van der Waals surface area contributed by atoms with E-state index in [-0.39, 0.29) is 9.79 Å². The molecule has 13 heteroatoms. The van der Waals surface area contributed by atoms with Gasteiger partial charge in [-0.3, -0.25) is 0 Å². The molecule has 9 nitrogen and oxygen atoms in total. The SMILES string of the molecule is C=C(NOS(=O)(=O)c1ccc(C)cc1)SCCOCCSC(=C)NOS(=O)(=O)c1ccc(C)cc1. The van der Waals surface area contributed by atoms with Gasteiger partial charge in [0.1, 0.15) is 0 Å². The highest BCUT2D eigenvalue weighted by molar-refractivity contribution is 8.03. The lowest BCUT2D eigenvalue weighted by Crippen LogP contribution is -2.19. The second-order valence-electron chi connectivity index (χ2n) is 7.06. The number of ether oxygens (including phenoxy) is 1. The molecule has 2 aromatic carbocycles. The summed E-state index contributed by atoms with van der Waals surface area (Å²) in [6, 6.07) is 12.6. The predicted molar refractivity (Wildman–Crippen MR) is 139 cm³/mol. The molecule has 2 rings (SSSR count). The number of benzene rings is 2. The summed E-state index contributed by atoms with van der Waals surface area (Å²) in [5.74, 6) is 1.03. The lowest BCUT2D eigenvalue weighted by atomic mass is 10.2. The van der Waals surface area contributed by atoms with Crippen LogP contribution < -0.4 is 11.0 Å². The first kappa shape index (κ1) is 29.2. The molecule has 0 aliphatic carbocycles. The highest BCUT2D eigenvalue weighted by atomic mass is 32.2. The van der Waals surface area contributed by atoms with E-state index < -0.39 is 20.2 Å². The van der Waals surface area contributed by atoms with Crippen molar-refractivity contribution in [2.75, 3.05) is 24.7 Å². The summed E-state index contributed by atoms with van der Waals surface area (Å²) in [5, 5.41) is 0.645. The fourth-order valence-corrected chi connectivity index (χ4v) is 5.07. The average Bonchev–Trinajstić information content (AvgIpc) is 2.81. The van der Waals surface area contributed by atoms with Crippen molar-refractivity contribution in [1.29, 1.82) is 0 Å². The first-order valence-corrected chi connectivity index (χ1v) is 15.0. The molecular weight excluding hydrogens is 533 g/mol. The van der Waals surface area contributed by atoms with Gasteiger partial charge in [0, 0.05) is 11.5 Å². The van der Waals surface area contributed by atoms with Gasteiger partial charge in [-0.2, -0.15) is 16.8 Å². The summed E-state index contributed by atoms with van der Waals surface area (Å²) in [6.45, 7) is 11.9. The Hall–Kier alpha value is -2.00. The van der Waals surface area contributed by atoms with E-state index in [0.717, 1.165) is 11.1 Å². The minimum Gasteiger partial charge on any atom is -0.380 e. The van der Waals surface area contributed by atoms with Crippen molar-refractivity contribution in [3.8, 4) is 0 Å². The van der Waals surface area contributed by atoms with Crippen molar-refractivity contribution in [2.45, 2.75) is 23.6 Å². The fourth-order valence-electron chi connectivity index (χ4n) is 2.32. The van der Waals surface area contributed by atoms with E-state index in [4.69, 9.17) is 13.3 Å². The molecule has 0 saturated heterocycles. The van der Waals surface area contributed by atoms with Gasteiger partial charge >= 0.3 is 20.2 Å². The zero-order chi connectivity index (χ0) is 25.9. The Balaban J connectivity index is 1.55. The van der Waals surface area contributed by atoms with Gasteiger partial charge in [-0.1, -0.05) is 48.6 Å². The summed E-state index contributed by atoms with van der Waals surface area (Å²) in [6.07, 6.45) is 0. The van der Waals surface area contributed by atoms with Crippen molar-refractivity contribution in [1.82, 2.24) is 11.0 Å². The molecule has 0 bridgehead atoms. The number of hydrogen-bond acceptors (Lipinski definition) is 11. The minimum absolute atomic E-state index is 0.0449. The number of thioether (sulfide) groups is 2. The summed E-state index contributed by atoms with van der Waals surface area (Å²) >= 11 is 2.49. The summed E-state index contributed by atoms with van der Waals surface area (Å²) < 4.78 is 63.6. The first-order valence-electron chi connectivity index (χ1n) is 10.2. The molecule has 2 N–H and O–H groups in total. The van der Waals surface area contributed by atoms with Crippen LogP contribution in [0.3, 0.4) is 0 Å². The Morgan fingerprint density at radius 1 is 0.714 bits per heavy atom. The number of nitrogens with one attached hydrogen (secondary N) is 2. The molecule has 192 valence electrons. The molecular formula is C22H28N2O7S4. The third-order valence-electron chi connectivity index (χ3n) is 4.16. The molecule has 35 heavy (non-hydrogen) atoms. The van der Waals surface area contributed by atoms with Crippen molar-refractivity contribution >= 4 is 43.8 Å². The summed E-state index contributed by atoms with van der Waals surface area (Å²) in [7, 11) is -7.87. The molecule has 0 unspecified atom stereocenters. The monoisotopic (exact) mass is 560 g/mol. The van der Waals surface area contributed by atoms with Gasteiger partial charge < -0.3 is 4.74 Å². The molecule has 0 radical (unpaired) electrons. The van der Waals surface area contributed by atoms with E-state index in [1.165, 1.54) is 47.8 Å². The standard InChI is InChI=1S/C22H28N2O7S4/c1-17-5-9-21(10-6-17)34(25,26)30-23-19(3)32-15-13-29-14-16-33-20(4)24-31-35(27,28)22-11-7-18(2)8-12-22/h5-12,23-24H,3-4,13-16H2,1-2H3. The van der Waals surface area contributed by atoms with Crippen LogP contribution >= 0.6 is 23.5 Å². The number of hydroxylamine groups is 2. The first-order chi connectivity index (χ1) is 16.5. The molecule has 0 atom stereocenters. The maximum Gasteiger partial charge on any atom is 0.317 e. The molecule has 0 heterocycles. The van der Waals surface area contributed by atoms with Crippen LogP contribution in [-0.4, -0.2) is 41.6 Å². The highest BCUT2D eigenvalue weighted by Gasteiger charge is 2.16. The molecule has 0 amide bonds. The van der Waals surface area contributed by atoms with Crippen LogP contribution in [0.25, 0.3) is 0 Å².